The lowest BCUT2D eigenvalue weighted by molar-refractivity contribution is 0.0722. The van der Waals surface area contributed by atoms with Crippen molar-refractivity contribution in [2.75, 3.05) is 6.54 Å². The topological polar surface area (TPSA) is 46.3 Å². The van der Waals surface area contributed by atoms with Crippen molar-refractivity contribution in [3.8, 4) is 11.1 Å². The average molecular weight is 392 g/mol. The number of fused-ring (bicyclic) bond motifs is 1. The van der Waals surface area contributed by atoms with Gasteiger partial charge in [0.25, 0.3) is 5.91 Å². The van der Waals surface area contributed by atoms with Gasteiger partial charge in [-0.1, -0.05) is 30.3 Å². The zero-order valence-electron chi connectivity index (χ0n) is 15.0. The van der Waals surface area contributed by atoms with E-state index in [1.54, 1.807) is 12.1 Å². The molecular weight excluding hydrogens is 375 g/mol. The van der Waals surface area contributed by atoms with Crippen LogP contribution in [0.4, 0.5) is 4.39 Å². The molecule has 0 aliphatic carbocycles. The van der Waals surface area contributed by atoms with Crippen molar-refractivity contribution in [2.24, 2.45) is 0 Å². The summed E-state index contributed by atoms with van der Waals surface area (Å²) in [7, 11) is 0. The number of oxazole rings is 1. The molecule has 0 radical (unpaired) electrons. The number of aromatic nitrogens is 1. The highest BCUT2D eigenvalue weighted by Crippen LogP contribution is 2.35. The molecule has 1 aliphatic heterocycles. The molecule has 1 aliphatic rings. The largest absolute Gasteiger partial charge is 0.438 e. The molecule has 2 aromatic heterocycles. The van der Waals surface area contributed by atoms with Crippen LogP contribution in [0.2, 0.25) is 0 Å². The van der Waals surface area contributed by atoms with Gasteiger partial charge in [-0.15, -0.1) is 11.3 Å². The van der Waals surface area contributed by atoms with Gasteiger partial charge in [-0.05, 0) is 48.1 Å². The summed E-state index contributed by atoms with van der Waals surface area (Å²) in [5, 5.41) is 1.90. The standard InChI is InChI=1S/C22H17FN2O2S/c23-16-6-2-1-5-15(16)14-9-10-19-17(13-14)24-21(27-19)18-7-3-11-25(18)22(26)20-8-4-12-28-20/h1-2,4-6,8-10,12-13,18H,3,7,11H2/t18-/m1/s1. The second-order valence-electron chi connectivity index (χ2n) is 6.85. The molecule has 1 atom stereocenters. The Morgan fingerprint density at radius 2 is 2.07 bits per heavy atom. The molecule has 28 heavy (non-hydrogen) atoms. The van der Waals surface area contributed by atoms with Crippen molar-refractivity contribution in [3.63, 3.8) is 0 Å². The molecule has 0 N–H and O–H groups in total. The fourth-order valence-electron chi connectivity index (χ4n) is 3.76. The Hall–Kier alpha value is -2.99. The molecule has 4 nitrogen and oxygen atoms in total. The maximum Gasteiger partial charge on any atom is 0.264 e. The predicted molar refractivity (Wildman–Crippen MR) is 107 cm³/mol. The molecule has 0 saturated carbocycles. The van der Waals surface area contributed by atoms with Gasteiger partial charge in [-0.2, -0.15) is 0 Å². The number of benzene rings is 2. The fraction of sp³-hybridized carbons (Fsp3) is 0.182. The predicted octanol–water partition coefficient (Wildman–Crippen LogP) is 5.67. The van der Waals surface area contributed by atoms with E-state index in [-0.39, 0.29) is 17.8 Å². The van der Waals surface area contributed by atoms with Gasteiger partial charge in [0.2, 0.25) is 5.89 Å². The maximum absolute atomic E-state index is 14.1. The summed E-state index contributed by atoms with van der Waals surface area (Å²) in [6.07, 6.45) is 1.74. The van der Waals surface area contributed by atoms with Gasteiger partial charge in [0.1, 0.15) is 17.4 Å². The molecular formula is C22H17FN2O2S. The highest BCUT2D eigenvalue weighted by molar-refractivity contribution is 7.12. The van der Waals surface area contributed by atoms with Crippen LogP contribution in [0.25, 0.3) is 22.2 Å². The minimum absolute atomic E-state index is 0.0202. The monoisotopic (exact) mass is 392 g/mol. The van der Waals surface area contributed by atoms with E-state index in [2.05, 4.69) is 4.98 Å². The minimum atomic E-state index is -0.269. The highest BCUT2D eigenvalue weighted by atomic mass is 32.1. The number of halogens is 1. The van der Waals surface area contributed by atoms with E-state index in [0.29, 0.717) is 29.1 Å². The Bertz CT molecular complexity index is 1150. The molecule has 0 unspecified atom stereocenters. The van der Waals surface area contributed by atoms with Crippen LogP contribution in [-0.2, 0) is 0 Å². The fourth-order valence-corrected chi connectivity index (χ4v) is 4.44. The van der Waals surface area contributed by atoms with Crippen LogP contribution in [0.3, 0.4) is 0 Å². The average Bonchev–Trinajstić information content (AvgIpc) is 3.47. The van der Waals surface area contributed by atoms with E-state index in [1.165, 1.54) is 17.4 Å². The molecule has 0 bridgehead atoms. The van der Waals surface area contributed by atoms with Crippen LogP contribution < -0.4 is 0 Å². The van der Waals surface area contributed by atoms with Gasteiger partial charge in [-0.3, -0.25) is 4.79 Å². The summed E-state index contributed by atoms with van der Waals surface area (Å²) in [5.74, 6) is 0.295. The lowest BCUT2D eigenvalue weighted by atomic mass is 10.0. The first kappa shape index (κ1) is 17.1. The number of hydrogen-bond acceptors (Lipinski definition) is 4. The number of rotatable bonds is 3. The molecule has 4 aromatic rings. The molecule has 0 spiro atoms. The Balaban J connectivity index is 1.49. The summed E-state index contributed by atoms with van der Waals surface area (Å²) in [6.45, 7) is 0.695. The van der Waals surface area contributed by atoms with Gasteiger partial charge in [0, 0.05) is 12.1 Å². The zero-order valence-corrected chi connectivity index (χ0v) is 15.8. The van der Waals surface area contributed by atoms with Crippen LogP contribution in [-0.4, -0.2) is 22.3 Å². The number of hydrogen-bond donors (Lipinski definition) is 0. The van der Waals surface area contributed by atoms with Gasteiger partial charge in [-0.25, -0.2) is 9.37 Å². The number of amides is 1. The summed E-state index contributed by atoms with van der Waals surface area (Å²) >= 11 is 1.44. The van der Waals surface area contributed by atoms with Gasteiger partial charge in [0.05, 0.1) is 4.88 Å². The van der Waals surface area contributed by atoms with Crippen LogP contribution >= 0.6 is 11.3 Å². The number of likely N-dealkylation sites (tertiary alicyclic amines) is 1. The van der Waals surface area contributed by atoms with E-state index < -0.39 is 0 Å². The van der Waals surface area contributed by atoms with Gasteiger partial charge < -0.3 is 9.32 Å². The number of nitrogens with zero attached hydrogens (tertiary/aromatic N) is 2. The Kier molecular flexibility index (Phi) is 4.20. The van der Waals surface area contributed by atoms with E-state index in [0.717, 1.165) is 23.3 Å². The number of thiophene rings is 1. The molecule has 5 rings (SSSR count). The lowest BCUT2D eigenvalue weighted by Gasteiger charge is -2.21. The molecule has 6 heteroatoms. The second kappa shape index (κ2) is 6.87. The van der Waals surface area contributed by atoms with E-state index >= 15 is 0 Å². The zero-order chi connectivity index (χ0) is 19.1. The molecule has 3 heterocycles. The van der Waals surface area contributed by atoms with Crippen molar-refractivity contribution in [1.82, 2.24) is 9.88 Å². The first-order chi connectivity index (χ1) is 13.7. The van der Waals surface area contributed by atoms with Gasteiger partial charge in [0.15, 0.2) is 5.58 Å². The number of carbonyl (C=O) groups is 1. The van der Waals surface area contributed by atoms with Crippen molar-refractivity contribution >= 4 is 28.3 Å². The minimum Gasteiger partial charge on any atom is -0.438 e. The first-order valence-electron chi connectivity index (χ1n) is 9.20. The van der Waals surface area contributed by atoms with Crippen LogP contribution in [0.15, 0.2) is 64.4 Å². The molecule has 2 aromatic carbocycles. The summed E-state index contributed by atoms with van der Waals surface area (Å²) < 4.78 is 20.1. The Labute approximate surface area is 165 Å². The Morgan fingerprint density at radius 3 is 2.89 bits per heavy atom. The third kappa shape index (κ3) is 2.90. The second-order valence-corrected chi connectivity index (χ2v) is 7.80. The normalized spacial score (nSPS) is 16.8. The van der Waals surface area contributed by atoms with Crippen molar-refractivity contribution in [3.05, 3.63) is 76.6 Å². The molecule has 1 fully saturated rings. The van der Waals surface area contributed by atoms with E-state index in [1.807, 2.05) is 46.7 Å². The number of carbonyl (C=O) groups excluding carboxylic acids is 1. The third-order valence-electron chi connectivity index (χ3n) is 5.12. The summed E-state index contributed by atoms with van der Waals surface area (Å²) in [4.78, 5) is 20.0. The van der Waals surface area contributed by atoms with Gasteiger partial charge >= 0.3 is 0 Å². The quantitative estimate of drug-likeness (QED) is 0.451. The first-order valence-corrected chi connectivity index (χ1v) is 10.1. The highest BCUT2D eigenvalue weighted by Gasteiger charge is 2.34. The molecule has 140 valence electrons. The van der Waals surface area contributed by atoms with Crippen LogP contribution in [0.1, 0.15) is 34.4 Å². The summed E-state index contributed by atoms with van der Waals surface area (Å²) in [6, 6.07) is 15.7. The van der Waals surface area contributed by atoms with Crippen molar-refractivity contribution in [1.29, 1.82) is 0 Å². The third-order valence-corrected chi connectivity index (χ3v) is 5.98. The SMILES string of the molecule is O=C(c1cccs1)N1CCC[C@@H]1c1nc2cc(-c3ccccc3F)ccc2o1. The Morgan fingerprint density at radius 1 is 1.18 bits per heavy atom. The van der Waals surface area contributed by atoms with Crippen molar-refractivity contribution in [2.45, 2.75) is 18.9 Å². The van der Waals surface area contributed by atoms with E-state index in [9.17, 15) is 9.18 Å². The smallest absolute Gasteiger partial charge is 0.264 e. The molecule has 1 saturated heterocycles. The van der Waals surface area contributed by atoms with Crippen LogP contribution in [0, 0.1) is 5.82 Å². The van der Waals surface area contributed by atoms with Crippen LogP contribution in [0.5, 0.6) is 0 Å². The maximum atomic E-state index is 14.1. The van der Waals surface area contributed by atoms with E-state index in [4.69, 9.17) is 4.42 Å². The van der Waals surface area contributed by atoms with Crippen molar-refractivity contribution < 1.29 is 13.6 Å². The summed E-state index contributed by atoms with van der Waals surface area (Å²) in [5.41, 5.74) is 2.60. The lowest BCUT2D eigenvalue weighted by Crippen LogP contribution is -2.30. The molecule has 1 amide bonds.